The van der Waals surface area contributed by atoms with Crippen LogP contribution in [0.4, 0.5) is 10.2 Å². The highest BCUT2D eigenvalue weighted by molar-refractivity contribution is 5.99. The molecule has 7 heteroatoms. The molecule has 162 valence electrons. The first kappa shape index (κ1) is 22.2. The van der Waals surface area contributed by atoms with Crippen LogP contribution in [0.1, 0.15) is 48.0 Å². The number of hydrogen-bond acceptors (Lipinski definition) is 3. The van der Waals surface area contributed by atoms with E-state index in [4.69, 9.17) is 5.10 Å². The molecule has 0 saturated carbocycles. The third-order valence-corrected chi connectivity index (χ3v) is 4.82. The molecule has 1 heterocycles. The van der Waals surface area contributed by atoms with Gasteiger partial charge in [0.05, 0.1) is 17.9 Å². The third kappa shape index (κ3) is 5.36. The minimum absolute atomic E-state index is 0.156. The van der Waals surface area contributed by atoms with Crippen molar-refractivity contribution < 1.29 is 14.0 Å². The molecule has 0 aliphatic heterocycles. The SMILES string of the molecule is Cc1ccc(-n2nc(C(C)(C)C)cc2NC(=O)CNC(=O)c2cccc(F)c2)c(C)c1. The zero-order chi connectivity index (χ0) is 22.8. The van der Waals surface area contributed by atoms with Gasteiger partial charge in [0.1, 0.15) is 11.6 Å². The summed E-state index contributed by atoms with van der Waals surface area (Å²) in [5.74, 6) is -0.921. The molecule has 0 atom stereocenters. The van der Waals surface area contributed by atoms with Crippen LogP contribution in [0.2, 0.25) is 0 Å². The zero-order valence-corrected chi connectivity index (χ0v) is 18.4. The number of nitrogens with one attached hydrogen (secondary N) is 2. The van der Waals surface area contributed by atoms with E-state index < -0.39 is 17.6 Å². The molecular formula is C24H27FN4O2. The van der Waals surface area contributed by atoms with E-state index in [0.29, 0.717) is 5.82 Å². The lowest BCUT2D eigenvalue weighted by atomic mass is 9.92. The van der Waals surface area contributed by atoms with Gasteiger partial charge in [0.2, 0.25) is 5.91 Å². The Morgan fingerprint density at radius 1 is 1.06 bits per heavy atom. The fraction of sp³-hybridized carbons (Fsp3) is 0.292. The van der Waals surface area contributed by atoms with E-state index in [2.05, 4.69) is 16.7 Å². The number of amides is 2. The predicted molar refractivity (Wildman–Crippen MR) is 119 cm³/mol. The van der Waals surface area contributed by atoms with Crippen molar-refractivity contribution in [2.45, 2.75) is 40.0 Å². The molecule has 0 unspecified atom stereocenters. The topological polar surface area (TPSA) is 76.0 Å². The number of anilines is 1. The van der Waals surface area contributed by atoms with Crippen molar-refractivity contribution in [2.75, 3.05) is 11.9 Å². The molecule has 3 rings (SSSR count). The Bertz CT molecular complexity index is 1130. The van der Waals surface area contributed by atoms with Crippen molar-refractivity contribution in [3.63, 3.8) is 0 Å². The summed E-state index contributed by atoms with van der Waals surface area (Å²) in [5, 5.41) is 10.1. The Morgan fingerprint density at radius 3 is 2.45 bits per heavy atom. The molecule has 0 fully saturated rings. The van der Waals surface area contributed by atoms with E-state index in [-0.39, 0.29) is 17.5 Å². The second kappa shape index (κ2) is 8.71. The van der Waals surface area contributed by atoms with Gasteiger partial charge < -0.3 is 10.6 Å². The number of aromatic nitrogens is 2. The number of carbonyl (C=O) groups excluding carboxylic acids is 2. The van der Waals surface area contributed by atoms with Crippen molar-refractivity contribution >= 4 is 17.6 Å². The molecule has 2 aromatic carbocycles. The number of rotatable bonds is 5. The molecule has 2 amide bonds. The van der Waals surface area contributed by atoms with E-state index in [1.165, 1.54) is 18.2 Å². The predicted octanol–water partition coefficient (Wildman–Crippen LogP) is 4.29. The molecule has 0 aliphatic rings. The summed E-state index contributed by atoms with van der Waals surface area (Å²) in [6, 6.07) is 13.2. The summed E-state index contributed by atoms with van der Waals surface area (Å²) in [6.45, 7) is 9.90. The lowest BCUT2D eigenvalue weighted by Gasteiger charge is -2.14. The highest BCUT2D eigenvalue weighted by Crippen LogP contribution is 2.27. The fourth-order valence-corrected chi connectivity index (χ4v) is 3.14. The maximum Gasteiger partial charge on any atom is 0.251 e. The molecule has 31 heavy (non-hydrogen) atoms. The van der Waals surface area contributed by atoms with E-state index >= 15 is 0 Å². The lowest BCUT2D eigenvalue weighted by Crippen LogP contribution is -2.33. The molecule has 3 aromatic rings. The van der Waals surface area contributed by atoms with Crippen LogP contribution < -0.4 is 10.6 Å². The largest absolute Gasteiger partial charge is 0.343 e. The Balaban J connectivity index is 1.80. The van der Waals surface area contributed by atoms with Crippen LogP contribution in [0.5, 0.6) is 0 Å². The smallest absolute Gasteiger partial charge is 0.251 e. The van der Waals surface area contributed by atoms with Gasteiger partial charge in [0, 0.05) is 17.0 Å². The second-order valence-electron chi connectivity index (χ2n) is 8.61. The van der Waals surface area contributed by atoms with E-state index in [1.54, 1.807) is 4.68 Å². The number of carbonyl (C=O) groups is 2. The Kier molecular flexibility index (Phi) is 6.24. The average molecular weight is 423 g/mol. The number of halogens is 1. The van der Waals surface area contributed by atoms with Gasteiger partial charge in [-0.25, -0.2) is 9.07 Å². The molecule has 1 aromatic heterocycles. The Hall–Kier alpha value is -3.48. The maximum atomic E-state index is 13.3. The van der Waals surface area contributed by atoms with Crippen molar-refractivity contribution in [2.24, 2.45) is 0 Å². The van der Waals surface area contributed by atoms with Gasteiger partial charge in [-0.1, -0.05) is 44.5 Å². The Morgan fingerprint density at radius 2 is 1.81 bits per heavy atom. The number of aryl methyl sites for hydroxylation is 2. The summed E-state index contributed by atoms with van der Waals surface area (Å²) in [4.78, 5) is 24.7. The summed E-state index contributed by atoms with van der Waals surface area (Å²) in [7, 11) is 0. The summed E-state index contributed by atoms with van der Waals surface area (Å²) < 4.78 is 15.0. The first-order chi connectivity index (χ1) is 14.5. The molecular weight excluding hydrogens is 395 g/mol. The van der Waals surface area contributed by atoms with Crippen molar-refractivity contribution in [1.29, 1.82) is 0 Å². The lowest BCUT2D eigenvalue weighted by molar-refractivity contribution is -0.115. The van der Waals surface area contributed by atoms with E-state index in [0.717, 1.165) is 28.6 Å². The van der Waals surface area contributed by atoms with Crippen LogP contribution in [0.25, 0.3) is 5.69 Å². The highest BCUT2D eigenvalue weighted by Gasteiger charge is 2.22. The maximum absolute atomic E-state index is 13.3. The standard InChI is InChI=1S/C24H27FN4O2/c1-15-9-10-19(16(2)11-15)29-21(13-20(28-29)24(3,4)5)27-22(30)14-26-23(31)17-7-6-8-18(25)12-17/h6-13H,14H2,1-5H3,(H,26,31)(H,27,30). The molecule has 0 radical (unpaired) electrons. The van der Waals surface area contributed by atoms with Gasteiger partial charge in [0.15, 0.2) is 0 Å². The number of benzene rings is 2. The summed E-state index contributed by atoms with van der Waals surface area (Å²) in [6.07, 6.45) is 0. The molecule has 6 nitrogen and oxygen atoms in total. The van der Waals surface area contributed by atoms with Crippen LogP contribution in [0.3, 0.4) is 0 Å². The van der Waals surface area contributed by atoms with Crippen LogP contribution in [0.15, 0.2) is 48.5 Å². The van der Waals surface area contributed by atoms with Gasteiger partial charge in [-0.2, -0.15) is 5.10 Å². The molecule has 0 spiro atoms. The minimum atomic E-state index is -0.520. The van der Waals surface area contributed by atoms with Crippen LogP contribution in [-0.4, -0.2) is 28.1 Å². The van der Waals surface area contributed by atoms with Crippen LogP contribution in [0, 0.1) is 19.7 Å². The molecule has 0 aliphatic carbocycles. The average Bonchev–Trinajstić information content (AvgIpc) is 3.10. The van der Waals surface area contributed by atoms with Gasteiger partial charge >= 0.3 is 0 Å². The van der Waals surface area contributed by atoms with Crippen molar-refractivity contribution in [3.8, 4) is 5.69 Å². The monoisotopic (exact) mass is 422 g/mol. The number of hydrogen-bond donors (Lipinski definition) is 2. The third-order valence-electron chi connectivity index (χ3n) is 4.82. The summed E-state index contributed by atoms with van der Waals surface area (Å²) >= 11 is 0. The second-order valence-corrected chi connectivity index (χ2v) is 8.61. The quantitative estimate of drug-likeness (QED) is 0.644. The van der Waals surface area contributed by atoms with Crippen molar-refractivity contribution in [3.05, 3.63) is 76.7 Å². The van der Waals surface area contributed by atoms with Gasteiger partial charge in [-0.05, 0) is 43.7 Å². The molecule has 0 bridgehead atoms. The molecule has 2 N–H and O–H groups in total. The number of nitrogens with zero attached hydrogens (tertiary/aromatic N) is 2. The first-order valence-electron chi connectivity index (χ1n) is 10.1. The molecule has 0 saturated heterocycles. The minimum Gasteiger partial charge on any atom is -0.343 e. The first-order valence-corrected chi connectivity index (χ1v) is 10.1. The van der Waals surface area contributed by atoms with Crippen LogP contribution >= 0.6 is 0 Å². The summed E-state index contributed by atoms with van der Waals surface area (Å²) in [5.41, 5.74) is 3.79. The Labute approximate surface area is 181 Å². The van der Waals surface area contributed by atoms with Gasteiger partial charge in [-0.3, -0.25) is 9.59 Å². The van der Waals surface area contributed by atoms with Crippen LogP contribution in [-0.2, 0) is 10.2 Å². The van der Waals surface area contributed by atoms with Gasteiger partial charge in [-0.15, -0.1) is 0 Å². The van der Waals surface area contributed by atoms with Gasteiger partial charge in [0.25, 0.3) is 5.91 Å². The fourth-order valence-electron chi connectivity index (χ4n) is 3.14. The highest BCUT2D eigenvalue weighted by atomic mass is 19.1. The van der Waals surface area contributed by atoms with E-state index in [1.807, 2.05) is 52.8 Å². The zero-order valence-electron chi connectivity index (χ0n) is 18.4. The normalized spacial score (nSPS) is 11.3. The van der Waals surface area contributed by atoms with Crippen molar-refractivity contribution in [1.82, 2.24) is 15.1 Å². The van der Waals surface area contributed by atoms with E-state index in [9.17, 15) is 14.0 Å².